The molecule has 0 aliphatic carbocycles. The number of carbonyl (C=O) groups excluding carboxylic acids is 2. The fourth-order valence-electron chi connectivity index (χ4n) is 3.21. The van der Waals surface area contributed by atoms with Crippen molar-refractivity contribution in [2.45, 2.75) is 56.4 Å². The van der Waals surface area contributed by atoms with Crippen LogP contribution in [0.25, 0.3) is 0 Å². The highest BCUT2D eigenvalue weighted by atomic mass is 32.2. The molecule has 0 radical (unpaired) electrons. The Morgan fingerprint density at radius 3 is 2.54 bits per heavy atom. The van der Waals surface area contributed by atoms with Gasteiger partial charge in [0.1, 0.15) is 5.78 Å². The van der Waals surface area contributed by atoms with E-state index in [0.717, 1.165) is 25.0 Å². The van der Waals surface area contributed by atoms with Gasteiger partial charge in [0, 0.05) is 30.5 Å². The highest BCUT2D eigenvalue weighted by Crippen LogP contribution is 2.33. The largest absolute Gasteiger partial charge is 0.379 e. The minimum atomic E-state index is -0.0415. The lowest BCUT2D eigenvalue weighted by atomic mass is 10.0. The van der Waals surface area contributed by atoms with Crippen LogP contribution in [0.4, 0.5) is 4.79 Å². The number of hydrogen-bond acceptors (Lipinski definition) is 6. The number of hydrogen-bond donors (Lipinski definition) is 2. The summed E-state index contributed by atoms with van der Waals surface area (Å²) < 4.78 is 15.9. The van der Waals surface area contributed by atoms with Gasteiger partial charge in [-0.2, -0.15) is 11.8 Å². The van der Waals surface area contributed by atoms with Crippen molar-refractivity contribution in [3.63, 3.8) is 0 Å². The van der Waals surface area contributed by atoms with E-state index in [1.54, 1.807) is 0 Å². The molecule has 7 nitrogen and oxygen atoms in total. The van der Waals surface area contributed by atoms with Gasteiger partial charge in [0.25, 0.3) is 0 Å². The topological polar surface area (TPSA) is 85.9 Å². The third kappa shape index (κ3) is 7.82. The van der Waals surface area contributed by atoms with Crippen LogP contribution in [-0.4, -0.2) is 74.5 Å². The number of ether oxygens (including phenoxy) is 3. The third-order valence-electron chi connectivity index (χ3n) is 4.61. The molecule has 0 aromatic rings. The van der Waals surface area contributed by atoms with E-state index in [1.165, 1.54) is 0 Å². The highest BCUT2D eigenvalue weighted by Gasteiger charge is 2.42. The summed E-state index contributed by atoms with van der Waals surface area (Å²) in [4.78, 5) is 23.2. The van der Waals surface area contributed by atoms with Crippen molar-refractivity contribution in [1.29, 1.82) is 0 Å². The van der Waals surface area contributed by atoms with Crippen molar-refractivity contribution in [3.8, 4) is 0 Å². The van der Waals surface area contributed by atoms with E-state index in [4.69, 9.17) is 14.2 Å². The van der Waals surface area contributed by atoms with Crippen molar-refractivity contribution < 1.29 is 23.8 Å². The molecule has 0 aromatic carbocycles. The minimum absolute atomic E-state index is 0.0415. The summed E-state index contributed by atoms with van der Waals surface area (Å²) >= 11 is 1.92. The SMILES string of the molecule is CCOCCOCCOCCC(=O)CCCC[C@@H]1SC[C@@H]2NC(=O)N[C@@H]21. The second-order valence-electron chi connectivity index (χ2n) is 6.58. The Labute approximate surface area is 160 Å². The lowest BCUT2D eigenvalue weighted by Gasteiger charge is -2.16. The van der Waals surface area contributed by atoms with Crippen LogP contribution in [0.15, 0.2) is 0 Å². The van der Waals surface area contributed by atoms with Crippen LogP contribution in [-0.2, 0) is 19.0 Å². The Kier molecular flexibility index (Phi) is 10.4. The molecule has 2 fully saturated rings. The Hall–Kier alpha value is -0.830. The van der Waals surface area contributed by atoms with Crippen LogP contribution < -0.4 is 10.6 Å². The number of Topliss-reactive ketones (excluding diaryl/α,β-unsaturated/α-hetero) is 1. The van der Waals surface area contributed by atoms with Gasteiger partial charge in [-0.1, -0.05) is 6.42 Å². The summed E-state index contributed by atoms with van der Waals surface area (Å²) in [7, 11) is 0. The molecule has 26 heavy (non-hydrogen) atoms. The van der Waals surface area contributed by atoms with Crippen LogP contribution in [0, 0.1) is 0 Å². The van der Waals surface area contributed by atoms with E-state index in [-0.39, 0.29) is 23.9 Å². The fraction of sp³-hybridized carbons (Fsp3) is 0.889. The van der Waals surface area contributed by atoms with Crippen LogP contribution in [0.2, 0.25) is 0 Å². The number of carbonyl (C=O) groups is 2. The molecule has 8 heteroatoms. The van der Waals surface area contributed by atoms with Crippen LogP contribution in [0.1, 0.15) is 39.0 Å². The van der Waals surface area contributed by atoms with Crippen molar-refractivity contribution in [2.75, 3.05) is 45.4 Å². The molecule has 3 atom stereocenters. The van der Waals surface area contributed by atoms with Crippen molar-refractivity contribution in [3.05, 3.63) is 0 Å². The van der Waals surface area contributed by atoms with Gasteiger partial charge in [0.05, 0.1) is 45.1 Å². The van der Waals surface area contributed by atoms with Crippen LogP contribution >= 0.6 is 11.8 Å². The Bertz CT molecular complexity index is 438. The number of rotatable bonds is 15. The molecule has 0 unspecified atom stereocenters. The first kappa shape index (κ1) is 21.5. The van der Waals surface area contributed by atoms with E-state index in [0.29, 0.717) is 57.7 Å². The first-order valence-electron chi connectivity index (χ1n) is 9.64. The Morgan fingerprint density at radius 1 is 1.04 bits per heavy atom. The van der Waals surface area contributed by atoms with Gasteiger partial charge in [-0.05, 0) is 19.8 Å². The van der Waals surface area contributed by atoms with Crippen LogP contribution in [0.5, 0.6) is 0 Å². The monoisotopic (exact) mass is 388 g/mol. The van der Waals surface area contributed by atoms with Gasteiger partial charge in [0.15, 0.2) is 0 Å². The maximum absolute atomic E-state index is 11.9. The predicted molar refractivity (Wildman–Crippen MR) is 102 cm³/mol. The first-order valence-corrected chi connectivity index (χ1v) is 10.7. The average molecular weight is 389 g/mol. The van der Waals surface area contributed by atoms with Crippen molar-refractivity contribution >= 4 is 23.6 Å². The second-order valence-corrected chi connectivity index (χ2v) is 7.85. The maximum atomic E-state index is 11.9. The molecule has 2 amide bonds. The summed E-state index contributed by atoms with van der Waals surface area (Å²) in [6.07, 6.45) is 4.08. The van der Waals surface area contributed by atoms with E-state index in [1.807, 2.05) is 18.7 Å². The number of thioether (sulfide) groups is 1. The van der Waals surface area contributed by atoms with E-state index in [2.05, 4.69) is 10.6 Å². The average Bonchev–Trinajstić information content (AvgIpc) is 3.16. The molecule has 0 saturated carbocycles. The van der Waals surface area contributed by atoms with Gasteiger partial charge in [-0.3, -0.25) is 4.79 Å². The number of unbranched alkanes of at least 4 members (excludes halogenated alkanes) is 1. The zero-order chi connectivity index (χ0) is 18.6. The smallest absolute Gasteiger partial charge is 0.315 e. The predicted octanol–water partition coefficient (Wildman–Crippen LogP) is 1.74. The molecule has 2 heterocycles. The van der Waals surface area contributed by atoms with Gasteiger partial charge in [-0.25, -0.2) is 4.79 Å². The van der Waals surface area contributed by atoms with Crippen molar-refractivity contribution in [2.24, 2.45) is 0 Å². The molecule has 0 aromatic heterocycles. The summed E-state index contributed by atoms with van der Waals surface area (Å²) in [5.74, 6) is 1.25. The summed E-state index contributed by atoms with van der Waals surface area (Å²) in [5.41, 5.74) is 0. The quantitative estimate of drug-likeness (QED) is 0.328. The molecule has 2 rings (SSSR count). The van der Waals surface area contributed by atoms with Gasteiger partial charge < -0.3 is 24.8 Å². The van der Waals surface area contributed by atoms with Gasteiger partial charge in [-0.15, -0.1) is 0 Å². The number of fused-ring (bicyclic) bond motifs is 1. The lowest BCUT2D eigenvalue weighted by Crippen LogP contribution is -2.36. The molecule has 2 N–H and O–H groups in total. The molecule has 2 aliphatic rings. The molecular formula is C18H32N2O5S. The minimum Gasteiger partial charge on any atom is -0.379 e. The number of nitrogens with one attached hydrogen (secondary N) is 2. The van der Waals surface area contributed by atoms with E-state index >= 15 is 0 Å². The molecule has 150 valence electrons. The second kappa shape index (κ2) is 12.5. The summed E-state index contributed by atoms with van der Waals surface area (Å²) in [6, 6.07) is 0.493. The number of ketones is 1. The van der Waals surface area contributed by atoms with E-state index < -0.39 is 0 Å². The normalized spacial score (nSPS) is 24.3. The molecule has 0 spiro atoms. The molecular weight excluding hydrogens is 356 g/mol. The summed E-state index contributed by atoms with van der Waals surface area (Å²) in [5, 5.41) is 6.43. The van der Waals surface area contributed by atoms with E-state index in [9.17, 15) is 9.59 Å². The Morgan fingerprint density at radius 2 is 1.77 bits per heavy atom. The Balaban J connectivity index is 1.38. The fourth-order valence-corrected chi connectivity index (χ4v) is 4.75. The molecule has 2 saturated heterocycles. The number of amides is 2. The lowest BCUT2D eigenvalue weighted by molar-refractivity contribution is -0.120. The first-order chi connectivity index (χ1) is 12.7. The summed E-state index contributed by atoms with van der Waals surface area (Å²) in [6.45, 7) is 5.36. The third-order valence-corrected chi connectivity index (χ3v) is 6.11. The maximum Gasteiger partial charge on any atom is 0.315 e. The molecule has 2 aliphatic heterocycles. The zero-order valence-corrected chi connectivity index (χ0v) is 16.5. The zero-order valence-electron chi connectivity index (χ0n) is 15.7. The number of urea groups is 1. The highest BCUT2D eigenvalue weighted by molar-refractivity contribution is 8.00. The van der Waals surface area contributed by atoms with Crippen molar-refractivity contribution in [1.82, 2.24) is 10.6 Å². The van der Waals surface area contributed by atoms with Crippen LogP contribution in [0.3, 0.4) is 0 Å². The van der Waals surface area contributed by atoms with Gasteiger partial charge in [0.2, 0.25) is 0 Å². The standard InChI is InChI=1S/C18H32N2O5S/c1-2-23-9-10-25-12-11-24-8-7-14(21)5-3-4-6-16-17-15(13-26-16)19-18(22)20-17/h15-17H,2-13H2,1H3,(H2,19,20,22)/t15-,16-,17-/m0/s1. The van der Waals surface area contributed by atoms with Gasteiger partial charge >= 0.3 is 6.03 Å². The molecule has 0 bridgehead atoms.